The summed E-state index contributed by atoms with van der Waals surface area (Å²) in [6.07, 6.45) is 0.753. The predicted octanol–water partition coefficient (Wildman–Crippen LogP) is 3.27. The van der Waals surface area contributed by atoms with E-state index in [4.69, 9.17) is 9.47 Å². The molecule has 0 heterocycles. The van der Waals surface area contributed by atoms with Gasteiger partial charge in [0.2, 0.25) is 0 Å². The number of quaternary nitrogens is 1. The second-order valence-electron chi connectivity index (χ2n) is 9.85. The fourth-order valence-corrected chi connectivity index (χ4v) is 2.74. The van der Waals surface area contributed by atoms with E-state index in [1.54, 1.807) is 0 Å². The summed E-state index contributed by atoms with van der Waals surface area (Å²) in [5.74, 6) is -0.429. The van der Waals surface area contributed by atoms with Gasteiger partial charge in [0, 0.05) is 0 Å². The molecule has 0 rings (SSSR count). The van der Waals surface area contributed by atoms with Crippen LogP contribution in [0, 0.1) is 16.2 Å². The average molecular weight is 345 g/mol. The van der Waals surface area contributed by atoms with Gasteiger partial charge in [-0.05, 0) is 24.2 Å². The molecule has 0 aliphatic carbocycles. The first kappa shape index (κ1) is 22.9. The van der Waals surface area contributed by atoms with Crippen molar-refractivity contribution in [2.24, 2.45) is 16.2 Å². The van der Waals surface area contributed by atoms with Gasteiger partial charge in [-0.3, -0.25) is 4.79 Å². The molecule has 5 heteroatoms. The maximum absolute atomic E-state index is 12.8. The minimum absolute atomic E-state index is 0.0290. The van der Waals surface area contributed by atoms with Gasteiger partial charge < -0.3 is 14.0 Å². The lowest BCUT2D eigenvalue weighted by molar-refractivity contribution is -0.883. The summed E-state index contributed by atoms with van der Waals surface area (Å²) in [5, 5.41) is 0. The Labute approximate surface area is 148 Å². The first-order valence-corrected chi connectivity index (χ1v) is 8.60. The molecule has 0 aromatic carbocycles. The Hall–Kier alpha value is -1.10. The Balaban J connectivity index is 4.90. The summed E-state index contributed by atoms with van der Waals surface area (Å²) in [5.41, 5.74) is -0.736. The maximum atomic E-state index is 12.8. The largest absolute Gasteiger partial charge is 0.465 e. The zero-order valence-corrected chi connectivity index (χ0v) is 17.4. The first-order chi connectivity index (χ1) is 10.5. The summed E-state index contributed by atoms with van der Waals surface area (Å²) >= 11 is 0. The number of rotatable bonds is 7. The normalized spacial score (nSPS) is 15.6. The number of carbonyl (C=O) groups excluding carboxylic acids is 2. The molecule has 0 spiro atoms. The van der Waals surface area contributed by atoms with Crippen LogP contribution < -0.4 is 0 Å². The molecular weight excluding hydrogens is 306 g/mol. The Morgan fingerprint density at radius 2 is 1.46 bits per heavy atom. The third-order valence-corrected chi connectivity index (χ3v) is 4.70. The fourth-order valence-electron chi connectivity index (χ4n) is 2.74. The Morgan fingerprint density at radius 1 is 0.958 bits per heavy atom. The average Bonchev–Trinajstić information content (AvgIpc) is 2.34. The van der Waals surface area contributed by atoms with Gasteiger partial charge in [-0.25, -0.2) is 4.79 Å². The van der Waals surface area contributed by atoms with Crippen molar-refractivity contribution < 1.29 is 23.5 Å². The SMILES string of the molecule is COC(=O)C[N+](C)(C)CCOC(=O)C(C)(CC(C)(C)C)C(C)(C)C. The number of esters is 2. The highest BCUT2D eigenvalue weighted by atomic mass is 16.5. The van der Waals surface area contributed by atoms with Crippen molar-refractivity contribution in [2.75, 3.05) is 40.9 Å². The molecule has 0 aliphatic heterocycles. The predicted molar refractivity (Wildman–Crippen MR) is 96.5 cm³/mol. The van der Waals surface area contributed by atoms with Crippen LogP contribution in [0.5, 0.6) is 0 Å². The number of hydrogen-bond donors (Lipinski definition) is 0. The van der Waals surface area contributed by atoms with Crippen LogP contribution in [0.15, 0.2) is 0 Å². The Morgan fingerprint density at radius 3 is 1.83 bits per heavy atom. The zero-order chi connectivity index (χ0) is 19.4. The highest BCUT2D eigenvalue weighted by molar-refractivity contribution is 5.77. The number of ether oxygens (including phenoxy) is 2. The summed E-state index contributed by atoms with van der Waals surface area (Å²) < 4.78 is 10.8. The molecule has 1 atom stereocenters. The number of nitrogens with zero attached hydrogens (tertiary/aromatic N) is 1. The van der Waals surface area contributed by atoms with Gasteiger partial charge in [-0.1, -0.05) is 41.5 Å². The third kappa shape index (κ3) is 7.20. The van der Waals surface area contributed by atoms with Gasteiger partial charge in [-0.2, -0.15) is 0 Å². The zero-order valence-electron chi connectivity index (χ0n) is 17.4. The number of carbonyl (C=O) groups is 2. The van der Waals surface area contributed by atoms with E-state index in [0.29, 0.717) is 17.6 Å². The van der Waals surface area contributed by atoms with Crippen molar-refractivity contribution in [3.05, 3.63) is 0 Å². The quantitative estimate of drug-likeness (QED) is 0.525. The molecule has 0 N–H and O–H groups in total. The van der Waals surface area contributed by atoms with E-state index in [1.807, 2.05) is 21.0 Å². The molecule has 0 radical (unpaired) electrons. The summed E-state index contributed by atoms with van der Waals surface area (Å²) in [6.45, 7) is 15.8. The van der Waals surface area contributed by atoms with Crippen LogP contribution in [0.3, 0.4) is 0 Å². The molecule has 0 saturated heterocycles. The molecule has 0 fully saturated rings. The van der Waals surface area contributed by atoms with Crippen molar-refractivity contribution in [1.82, 2.24) is 0 Å². The minimum atomic E-state index is -0.565. The lowest BCUT2D eigenvalue weighted by Crippen LogP contribution is -2.48. The molecule has 0 aromatic rings. The van der Waals surface area contributed by atoms with Crippen LogP contribution in [0.4, 0.5) is 0 Å². The van der Waals surface area contributed by atoms with E-state index in [2.05, 4.69) is 41.5 Å². The summed E-state index contributed by atoms with van der Waals surface area (Å²) in [4.78, 5) is 24.3. The molecule has 142 valence electrons. The summed E-state index contributed by atoms with van der Waals surface area (Å²) in [6, 6.07) is 0. The van der Waals surface area contributed by atoms with Crippen LogP contribution in [0.2, 0.25) is 0 Å². The monoisotopic (exact) mass is 344 g/mol. The number of methoxy groups -OCH3 is 1. The van der Waals surface area contributed by atoms with Gasteiger partial charge in [0.25, 0.3) is 0 Å². The lowest BCUT2D eigenvalue weighted by Gasteiger charge is -2.43. The van der Waals surface area contributed by atoms with Crippen LogP contribution in [-0.2, 0) is 19.1 Å². The second kappa shape index (κ2) is 7.85. The smallest absolute Gasteiger partial charge is 0.361 e. The fraction of sp³-hybridized carbons (Fsp3) is 0.895. The van der Waals surface area contributed by atoms with E-state index < -0.39 is 5.41 Å². The van der Waals surface area contributed by atoms with Crippen LogP contribution in [0.1, 0.15) is 54.9 Å². The van der Waals surface area contributed by atoms with Gasteiger partial charge in [0.1, 0.15) is 13.2 Å². The second-order valence-corrected chi connectivity index (χ2v) is 9.85. The van der Waals surface area contributed by atoms with Crippen molar-refractivity contribution in [2.45, 2.75) is 54.9 Å². The number of hydrogen-bond acceptors (Lipinski definition) is 4. The molecule has 0 amide bonds. The first-order valence-electron chi connectivity index (χ1n) is 8.60. The highest BCUT2D eigenvalue weighted by Crippen LogP contribution is 2.47. The van der Waals surface area contributed by atoms with E-state index in [-0.39, 0.29) is 29.3 Å². The van der Waals surface area contributed by atoms with Gasteiger partial charge in [-0.15, -0.1) is 0 Å². The summed E-state index contributed by atoms with van der Waals surface area (Å²) in [7, 11) is 5.22. The van der Waals surface area contributed by atoms with E-state index >= 15 is 0 Å². The lowest BCUT2D eigenvalue weighted by atomic mass is 9.61. The van der Waals surface area contributed by atoms with Gasteiger partial charge in [0.15, 0.2) is 6.54 Å². The maximum Gasteiger partial charge on any atom is 0.361 e. The van der Waals surface area contributed by atoms with Crippen LogP contribution >= 0.6 is 0 Å². The van der Waals surface area contributed by atoms with E-state index in [9.17, 15) is 9.59 Å². The Bertz CT molecular complexity index is 443. The number of likely N-dealkylation sites (N-methyl/N-ethyl adjacent to an activating group) is 1. The standard InChI is InChI=1S/C19H38NO4/c1-17(2,3)14-19(7,18(4,5)6)16(22)24-12-11-20(8,9)13-15(21)23-10/h11-14H2,1-10H3/q+1. The van der Waals surface area contributed by atoms with Crippen molar-refractivity contribution in [1.29, 1.82) is 0 Å². The van der Waals surface area contributed by atoms with Crippen molar-refractivity contribution >= 4 is 11.9 Å². The van der Waals surface area contributed by atoms with E-state index in [0.717, 1.165) is 6.42 Å². The van der Waals surface area contributed by atoms with Gasteiger partial charge in [0.05, 0.1) is 26.6 Å². The van der Waals surface area contributed by atoms with Crippen molar-refractivity contribution in [3.63, 3.8) is 0 Å². The molecule has 0 bridgehead atoms. The van der Waals surface area contributed by atoms with E-state index in [1.165, 1.54) is 7.11 Å². The van der Waals surface area contributed by atoms with Crippen LogP contribution in [0.25, 0.3) is 0 Å². The minimum Gasteiger partial charge on any atom is -0.465 e. The highest BCUT2D eigenvalue weighted by Gasteiger charge is 2.47. The molecule has 24 heavy (non-hydrogen) atoms. The molecule has 0 aliphatic rings. The molecule has 1 unspecified atom stereocenters. The Kier molecular flexibility index (Phi) is 7.49. The molecule has 0 aromatic heterocycles. The van der Waals surface area contributed by atoms with Crippen LogP contribution in [-0.4, -0.2) is 57.3 Å². The van der Waals surface area contributed by atoms with Gasteiger partial charge >= 0.3 is 11.9 Å². The molecule has 5 nitrogen and oxygen atoms in total. The molecular formula is C19H38NO4+. The molecule has 0 saturated carbocycles. The van der Waals surface area contributed by atoms with Crippen molar-refractivity contribution in [3.8, 4) is 0 Å². The topological polar surface area (TPSA) is 52.6 Å². The third-order valence-electron chi connectivity index (χ3n) is 4.70.